The van der Waals surface area contributed by atoms with Gasteiger partial charge in [0.05, 0.1) is 0 Å². The molecule has 0 heterocycles. The first-order valence-electron chi connectivity index (χ1n) is 4.86. The maximum atomic E-state index is 10.5. The number of primary amides is 1. The molecule has 1 rings (SSSR count). The maximum Gasteiger partial charge on any atom is 0.218 e. The van der Waals surface area contributed by atoms with E-state index in [1.54, 1.807) is 0 Å². The first-order valence-corrected chi connectivity index (χ1v) is 5.66. The van der Waals surface area contributed by atoms with Crippen molar-refractivity contribution in [3.63, 3.8) is 0 Å². The summed E-state index contributed by atoms with van der Waals surface area (Å²) in [5.41, 5.74) is 6.25. The normalized spacial score (nSPS) is 12.4. The molecule has 1 aromatic rings. The highest BCUT2D eigenvalue weighted by molar-refractivity contribution is 9.10. The van der Waals surface area contributed by atoms with Crippen molar-refractivity contribution in [1.82, 2.24) is 5.32 Å². The highest BCUT2D eigenvalue weighted by atomic mass is 79.9. The highest BCUT2D eigenvalue weighted by Crippen LogP contribution is 2.16. The summed E-state index contributed by atoms with van der Waals surface area (Å²) in [7, 11) is 0. The lowest BCUT2D eigenvalue weighted by atomic mass is 10.1. The third kappa shape index (κ3) is 4.44. The van der Waals surface area contributed by atoms with E-state index in [9.17, 15) is 4.79 Å². The van der Waals surface area contributed by atoms with E-state index in [-0.39, 0.29) is 11.9 Å². The van der Waals surface area contributed by atoms with Crippen LogP contribution in [0.5, 0.6) is 0 Å². The number of carbonyl (C=O) groups is 1. The van der Waals surface area contributed by atoms with Crippen LogP contribution in [0.1, 0.15) is 24.9 Å². The van der Waals surface area contributed by atoms with Crippen molar-refractivity contribution in [2.75, 3.05) is 6.54 Å². The second-order valence-electron chi connectivity index (χ2n) is 3.44. The zero-order valence-corrected chi connectivity index (χ0v) is 10.3. The molecule has 0 aliphatic rings. The average molecular weight is 271 g/mol. The molecule has 1 amide bonds. The van der Waals surface area contributed by atoms with Gasteiger partial charge in [-0.15, -0.1) is 0 Å². The Kier molecular flexibility index (Phi) is 4.78. The number of benzene rings is 1. The molecule has 1 aromatic carbocycles. The number of hydrogen-bond donors (Lipinski definition) is 2. The number of nitrogens with two attached hydrogens (primary N) is 1. The Hall–Kier alpha value is -0.870. The van der Waals surface area contributed by atoms with E-state index in [1.807, 2.05) is 24.3 Å². The van der Waals surface area contributed by atoms with Gasteiger partial charge in [-0.25, -0.2) is 0 Å². The summed E-state index contributed by atoms with van der Waals surface area (Å²) in [4.78, 5) is 10.5. The van der Waals surface area contributed by atoms with Crippen LogP contribution in [0.2, 0.25) is 0 Å². The largest absolute Gasteiger partial charge is 0.370 e. The molecule has 0 aromatic heterocycles. The van der Waals surface area contributed by atoms with E-state index in [1.165, 1.54) is 5.56 Å². The lowest BCUT2D eigenvalue weighted by Crippen LogP contribution is -2.24. The molecule has 0 aliphatic carbocycles. The van der Waals surface area contributed by atoms with Crippen molar-refractivity contribution in [1.29, 1.82) is 0 Å². The van der Waals surface area contributed by atoms with Gasteiger partial charge in [0.1, 0.15) is 0 Å². The van der Waals surface area contributed by atoms with E-state index in [0.29, 0.717) is 13.0 Å². The van der Waals surface area contributed by atoms with Crippen LogP contribution >= 0.6 is 15.9 Å². The molecule has 0 saturated carbocycles. The number of hydrogen-bond acceptors (Lipinski definition) is 2. The van der Waals surface area contributed by atoms with Gasteiger partial charge in [-0.2, -0.15) is 0 Å². The van der Waals surface area contributed by atoms with Gasteiger partial charge in [-0.3, -0.25) is 4.79 Å². The standard InChI is InChI=1S/C11H15BrN2O/c1-8(14-7-6-11(13)15)9-2-4-10(12)5-3-9/h2-5,8,14H,6-7H2,1H3,(H2,13,15)/t8-/m0/s1. The van der Waals surface area contributed by atoms with Crippen molar-refractivity contribution in [2.45, 2.75) is 19.4 Å². The maximum absolute atomic E-state index is 10.5. The fourth-order valence-corrected chi connectivity index (χ4v) is 1.55. The third-order valence-corrected chi connectivity index (χ3v) is 2.72. The summed E-state index contributed by atoms with van der Waals surface area (Å²) >= 11 is 3.38. The number of rotatable bonds is 5. The van der Waals surface area contributed by atoms with Crippen LogP contribution in [-0.2, 0) is 4.79 Å². The van der Waals surface area contributed by atoms with Crippen molar-refractivity contribution in [3.8, 4) is 0 Å². The Morgan fingerprint density at radius 1 is 1.47 bits per heavy atom. The van der Waals surface area contributed by atoms with E-state index in [2.05, 4.69) is 28.2 Å². The van der Waals surface area contributed by atoms with Crippen LogP contribution in [0, 0.1) is 0 Å². The molecule has 3 N–H and O–H groups in total. The topological polar surface area (TPSA) is 55.1 Å². The summed E-state index contributed by atoms with van der Waals surface area (Å²) in [6.45, 7) is 2.68. The summed E-state index contributed by atoms with van der Waals surface area (Å²) < 4.78 is 1.07. The lowest BCUT2D eigenvalue weighted by Gasteiger charge is -2.13. The Morgan fingerprint density at radius 3 is 2.60 bits per heavy atom. The van der Waals surface area contributed by atoms with Gasteiger partial charge in [0.2, 0.25) is 5.91 Å². The van der Waals surface area contributed by atoms with Gasteiger partial charge in [-0.1, -0.05) is 28.1 Å². The number of halogens is 1. The van der Waals surface area contributed by atoms with Crippen molar-refractivity contribution in [2.24, 2.45) is 5.73 Å². The second kappa shape index (κ2) is 5.88. The molecule has 0 saturated heterocycles. The molecule has 0 unspecified atom stereocenters. The fourth-order valence-electron chi connectivity index (χ4n) is 1.28. The number of nitrogens with one attached hydrogen (secondary N) is 1. The highest BCUT2D eigenvalue weighted by Gasteiger charge is 2.04. The first kappa shape index (κ1) is 12.2. The van der Waals surface area contributed by atoms with Gasteiger partial charge in [0.15, 0.2) is 0 Å². The van der Waals surface area contributed by atoms with Gasteiger partial charge in [0.25, 0.3) is 0 Å². The van der Waals surface area contributed by atoms with E-state index >= 15 is 0 Å². The monoisotopic (exact) mass is 270 g/mol. The van der Waals surface area contributed by atoms with Gasteiger partial charge in [0, 0.05) is 23.5 Å². The molecular weight excluding hydrogens is 256 g/mol. The molecule has 0 aliphatic heterocycles. The average Bonchev–Trinajstić information content (AvgIpc) is 2.18. The molecule has 15 heavy (non-hydrogen) atoms. The molecule has 0 fully saturated rings. The SMILES string of the molecule is C[C@H](NCCC(N)=O)c1ccc(Br)cc1. The molecule has 0 spiro atoms. The van der Waals surface area contributed by atoms with Crippen LogP contribution < -0.4 is 11.1 Å². The number of carbonyl (C=O) groups excluding carboxylic acids is 1. The van der Waals surface area contributed by atoms with E-state index in [0.717, 1.165) is 4.47 Å². The molecule has 82 valence electrons. The van der Waals surface area contributed by atoms with Crippen LogP contribution in [0.25, 0.3) is 0 Å². The zero-order chi connectivity index (χ0) is 11.3. The van der Waals surface area contributed by atoms with Crippen LogP contribution in [0.15, 0.2) is 28.7 Å². The van der Waals surface area contributed by atoms with Crippen molar-refractivity contribution >= 4 is 21.8 Å². The summed E-state index contributed by atoms with van der Waals surface area (Å²) in [5.74, 6) is -0.273. The minimum atomic E-state index is -0.273. The molecular formula is C11H15BrN2O. The van der Waals surface area contributed by atoms with Gasteiger partial charge in [-0.05, 0) is 24.6 Å². The molecule has 4 heteroatoms. The van der Waals surface area contributed by atoms with Crippen LogP contribution in [0.4, 0.5) is 0 Å². The lowest BCUT2D eigenvalue weighted by molar-refractivity contribution is -0.117. The zero-order valence-electron chi connectivity index (χ0n) is 8.66. The molecule has 0 radical (unpaired) electrons. The van der Waals surface area contributed by atoms with Crippen LogP contribution in [0.3, 0.4) is 0 Å². The van der Waals surface area contributed by atoms with Crippen LogP contribution in [-0.4, -0.2) is 12.5 Å². The minimum Gasteiger partial charge on any atom is -0.370 e. The van der Waals surface area contributed by atoms with Gasteiger partial charge >= 0.3 is 0 Å². The first-order chi connectivity index (χ1) is 7.09. The predicted molar refractivity (Wildman–Crippen MR) is 64.4 cm³/mol. The van der Waals surface area contributed by atoms with E-state index < -0.39 is 0 Å². The predicted octanol–water partition coefficient (Wildman–Crippen LogP) is 1.98. The summed E-state index contributed by atoms with van der Waals surface area (Å²) in [6, 6.07) is 8.33. The number of amides is 1. The Balaban J connectivity index is 2.43. The van der Waals surface area contributed by atoms with Crippen molar-refractivity contribution < 1.29 is 4.79 Å². The molecule has 0 bridgehead atoms. The Morgan fingerprint density at radius 2 is 2.07 bits per heavy atom. The Bertz CT molecular complexity index is 324. The fraction of sp³-hybridized carbons (Fsp3) is 0.364. The summed E-state index contributed by atoms with van der Waals surface area (Å²) in [6.07, 6.45) is 0.376. The Labute approximate surface area is 98.2 Å². The van der Waals surface area contributed by atoms with E-state index in [4.69, 9.17) is 5.73 Å². The smallest absolute Gasteiger partial charge is 0.218 e. The molecule has 1 atom stereocenters. The third-order valence-electron chi connectivity index (χ3n) is 2.19. The molecule has 3 nitrogen and oxygen atoms in total. The van der Waals surface area contributed by atoms with Gasteiger partial charge < -0.3 is 11.1 Å². The van der Waals surface area contributed by atoms with Crippen molar-refractivity contribution in [3.05, 3.63) is 34.3 Å². The summed E-state index contributed by atoms with van der Waals surface area (Å²) in [5, 5.41) is 3.23. The second-order valence-corrected chi connectivity index (χ2v) is 4.36. The quantitative estimate of drug-likeness (QED) is 0.860. The minimum absolute atomic E-state index is 0.234.